The molecule has 1 unspecified atom stereocenters. The molecule has 1 aromatic carbocycles. The number of benzene rings is 1. The molecule has 0 fully saturated rings. The molecule has 1 atom stereocenters. The maximum Gasteiger partial charge on any atom is 0.0430 e. The number of hydrogen-bond acceptors (Lipinski definition) is 2. The Morgan fingerprint density at radius 3 is 2.50 bits per heavy atom. The largest absolute Gasteiger partial charge is 0.309 e. The van der Waals surface area contributed by atoms with E-state index in [1.165, 1.54) is 10.5 Å². The van der Waals surface area contributed by atoms with Crippen molar-refractivity contribution in [2.24, 2.45) is 0 Å². The summed E-state index contributed by atoms with van der Waals surface area (Å²) in [7, 11) is 0. The van der Waals surface area contributed by atoms with E-state index in [1.807, 2.05) is 18.7 Å². The van der Waals surface area contributed by atoms with Gasteiger partial charge < -0.3 is 5.32 Å². The zero-order valence-corrected chi connectivity index (χ0v) is 12.4. The lowest BCUT2D eigenvalue weighted by molar-refractivity contribution is 0.542. The van der Waals surface area contributed by atoms with Crippen molar-refractivity contribution in [1.82, 2.24) is 5.32 Å². The summed E-state index contributed by atoms with van der Waals surface area (Å²) in [6.07, 6.45) is 2.04. The highest BCUT2D eigenvalue weighted by Gasteiger charge is 2.08. The molecule has 18 heavy (non-hydrogen) atoms. The van der Waals surface area contributed by atoms with Crippen LogP contribution < -0.4 is 5.32 Å². The first kappa shape index (κ1) is 15.1. The van der Waals surface area contributed by atoms with E-state index in [-0.39, 0.29) is 0 Å². The Morgan fingerprint density at radius 2 is 1.94 bits per heavy atom. The van der Waals surface area contributed by atoms with E-state index >= 15 is 0 Å². The fourth-order valence-corrected chi connectivity index (χ4v) is 2.46. The molecule has 0 saturated heterocycles. The fourth-order valence-electron chi connectivity index (χ4n) is 1.79. The average Bonchev–Trinajstić information content (AvgIpc) is 2.41. The molecule has 2 heteroatoms. The van der Waals surface area contributed by atoms with Gasteiger partial charge in [-0.05, 0) is 43.3 Å². The van der Waals surface area contributed by atoms with Crippen LogP contribution in [-0.2, 0) is 0 Å². The van der Waals surface area contributed by atoms with Crippen molar-refractivity contribution in [2.45, 2.75) is 44.6 Å². The van der Waals surface area contributed by atoms with Crippen LogP contribution in [0.2, 0.25) is 0 Å². The van der Waals surface area contributed by atoms with Gasteiger partial charge in [0, 0.05) is 17.4 Å². The third-order valence-electron chi connectivity index (χ3n) is 2.72. The van der Waals surface area contributed by atoms with Crippen molar-refractivity contribution in [2.75, 3.05) is 12.3 Å². The summed E-state index contributed by atoms with van der Waals surface area (Å²) in [6.45, 7) is 7.32. The Balaban J connectivity index is 2.72. The zero-order chi connectivity index (χ0) is 13.2. The molecular formula is C16H23NS. The van der Waals surface area contributed by atoms with Crippen molar-refractivity contribution < 1.29 is 0 Å². The maximum atomic E-state index is 3.56. The summed E-state index contributed by atoms with van der Waals surface area (Å²) in [5.74, 6) is 7.28. The molecule has 0 radical (unpaired) electrons. The van der Waals surface area contributed by atoms with Crippen LogP contribution in [-0.4, -0.2) is 12.3 Å². The quantitative estimate of drug-likeness (QED) is 0.581. The third kappa shape index (κ3) is 5.16. The molecule has 0 bridgehead atoms. The molecule has 98 valence electrons. The van der Waals surface area contributed by atoms with Gasteiger partial charge in [-0.3, -0.25) is 0 Å². The standard InChI is InChI=1S/C16H23NS/c1-4-7-8-16(17-13-5-2)14-9-11-15(12-10-14)18-6-3/h9-12,16-17H,5-6,8,13H2,1-3H3. The molecular weight excluding hydrogens is 238 g/mol. The summed E-state index contributed by atoms with van der Waals surface area (Å²) in [5, 5.41) is 3.56. The van der Waals surface area contributed by atoms with Gasteiger partial charge in [0.05, 0.1) is 0 Å². The Hall–Kier alpha value is -0.910. The van der Waals surface area contributed by atoms with E-state index in [9.17, 15) is 0 Å². The monoisotopic (exact) mass is 261 g/mol. The molecule has 1 nitrogen and oxygen atoms in total. The van der Waals surface area contributed by atoms with E-state index in [1.54, 1.807) is 0 Å². The summed E-state index contributed by atoms with van der Waals surface area (Å²) in [4.78, 5) is 1.34. The van der Waals surface area contributed by atoms with Gasteiger partial charge in [-0.1, -0.05) is 26.0 Å². The van der Waals surface area contributed by atoms with Crippen LogP contribution >= 0.6 is 11.8 Å². The van der Waals surface area contributed by atoms with Gasteiger partial charge in [0.1, 0.15) is 0 Å². The van der Waals surface area contributed by atoms with Gasteiger partial charge in [0.2, 0.25) is 0 Å². The van der Waals surface area contributed by atoms with E-state index in [0.29, 0.717) is 6.04 Å². The first-order chi connectivity index (χ1) is 8.81. The molecule has 0 saturated carbocycles. The Kier molecular flexibility index (Phi) is 7.64. The summed E-state index contributed by atoms with van der Waals surface area (Å²) in [6, 6.07) is 9.23. The fraction of sp³-hybridized carbons (Fsp3) is 0.500. The Bertz CT molecular complexity index is 386. The maximum absolute atomic E-state index is 3.56. The normalized spacial score (nSPS) is 11.7. The molecule has 0 amide bonds. The van der Waals surface area contributed by atoms with E-state index < -0.39 is 0 Å². The molecule has 0 heterocycles. The highest BCUT2D eigenvalue weighted by molar-refractivity contribution is 7.99. The predicted molar refractivity (Wildman–Crippen MR) is 81.9 cm³/mol. The van der Waals surface area contributed by atoms with Crippen LogP contribution in [0.3, 0.4) is 0 Å². The number of thioether (sulfide) groups is 1. The summed E-state index contributed by atoms with van der Waals surface area (Å²) in [5.41, 5.74) is 1.34. The van der Waals surface area contributed by atoms with Crippen LogP contribution in [0.25, 0.3) is 0 Å². The predicted octanol–water partition coefficient (Wildman–Crippen LogP) is 4.25. The zero-order valence-electron chi connectivity index (χ0n) is 11.6. The second-order valence-corrected chi connectivity index (χ2v) is 5.48. The minimum Gasteiger partial charge on any atom is -0.309 e. The summed E-state index contributed by atoms with van der Waals surface area (Å²) >= 11 is 1.88. The van der Waals surface area contributed by atoms with Crippen LogP contribution in [0.5, 0.6) is 0 Å². The minimum absolute atomic E-state index is 0.359. The van der Waals surface area contributed by atoms with Crippen molar-refractivity contribution in [3.8, 4) is 11.8 Å². The van der Waals surface area contributed by atoms with Gasteiger partial charge in [0.15, 0.2) is 0 Å². The van der Waals surface area contributed by atoms with Crippen LogP contribution in [0.4, 0.5) is 0 Å². The highest BCUT2D eigenvalue weighted by atomic mass is 32.2. The lowest BCUT2D eigenvalue weighted by Crippen LogP contribution is -2.21. The van der Waals surface area contributed by atoms with Gasteiger partial charge in [-0.25, -0.2) is 0 Å². The first-order valence-corrected chi connectivity index (χ1v) is 7.66. The molecule has 1 aromatic rings. The molecule has 0 aromatic heterocycles. The number of hydrogen-bond donors (Lipinski definition) is 1. The van der Waals surface area contributed by atoms with Gasteiger partial charge in [-0.15, -0.1) is 23.6 Å². The van der Waals surface area contributed by atoms with Crippen molar-refractivity contribution in [3.63, 3.8) is 0 Å². The molecule has 0 spiro atoms. The van der Waals surface area contributed by atoms with E-state index in [2.05, 4.69) is 55.3 Å². The van der Waals surface area contributed by atoms with Gasteiger partial charge >= 0.3 is 0 Å². The smallest absolute Gasteiger partial charge is 0.0430 e. The van der Waals surface area contributed by atoms with Crippen LogP contribution in [0.15, 0.2) is 29.2 Å². The van der Waals surface area contributed by atoms with Crippen molar-refractivity contribution in [1.29, 1.82) is 0 Å². The molecule has 0 aliphatic heterocycles. The minimum atomic E-state index is 0.359. The van der Waals surface area contributed by atoms with Gasteiger partial charge in [0.25, 0.3) is 0 Å². The average molecular weight is 261 g/mol. The lowest BCUT2D eigenvalue weighted by atomic mass is 10.0. The molecule has 1 N–H and O–H groups in total. The molecule has 1 rings (SSSR count). The number of nitrogens with one attached hydrogen (secondary N) is 1. The van der Waals surface area contributed by atoms with Crippen molar-refractivity contribution in [3.05, 3.63) is 29.8 Å². The van der Waals surface area contributed by atoms with E-state index in [0.717, 1.165) is 25.1 Å². The van der Waals surface area contributed by atoms with Crippen LogP contribution in [0.1, 0.15) is 45.2 Å². The topological polar surface area (TPSA) is 12.0 Å². The second-order valence-electron chi connectivity index (χ2n) is 4.14. The third-order valence-corrected chi connectivity index (χ3v) is 3.61. The Labute approximate surface area is 116 Å². The SMILES string of the molecule is CC#CCC(NCCC)c1ccc(SCC)cc1. The van der Waals surface area contributed by atoms with Gasteiger partial charge in [-0.2, -0.15) is 0 Å². The lowest BCUT2D eigenvalue weighted by Gasteiger charge is -2.16. The second kappa shape index (κ2) is 9.08. The molecule has 0 aliphatic carbocycles. The highest BCUT2D eigenvalue weighted by Crippen LogP contribution is 2.22. The van der Waals surface area contributed by atoms with Crippen LogP contribution in [0, 0.1) is 11.8 Å². The Morgan fingerprint density at radius 1 is 1.22 bits per heavy atom. The summed E-state index contributed by atoms with van der Waals surface area (Å²) < 4.78 is 0. The number of rotatable bonds is 7. The van der Waals surface area contributed by atoms with E-state index in [4.69, 9.17) is 0 Å². The van der Waals surface area contributed by atoms with Crippen molar-refractivity contribution >= 4 is 11.8 Å². The first-order valence-electron chi connectivity index (χ1n) is 6.67. The molecule has 0 aliphatic rings.